The summed E-state index contributed by atoms with van der Waals surface area (Å²) in [6.07, 6.45) is -8.78. The van der Waals surface area contributed by atoms with E-state index >= 15 is 0 Å². The molecule has 0 amide bonds. The lowest BCUT2D eigenvalue weighted by molar-refractivity contribution is -0.184. The zero-order chi connectivity index (χ0) is 27.9. The van der Waals surface area contributed by atoms with Crippen molar-refractivity contribution in [1.82, 2.24) is 9.80 Å². The number of likely N-dealkylation sites (N-methyl/N-ethyl adjacent to an activating group) is 1. The molecule has 2 aromatic rings. The molecule has 2 aromatic carbocycles. The third-order valence-corrected chi connectivity index (χ3v) is 6.23. The molecule has 0 saturated heterocycles. The summed E-state index contributed by atoms with van der Waals surface area (Å²) in [6, 6.07) is 15.1. The van der Waals surface area contributed by atoms with E-state index in [1.807, 2.05) is 0 Å². The van der Waals surface area contributed by atoms with Crippen molar-refractivity contribution in [3.05, 3.63) is 78.0 Å². The Morgan fingerprint density at radius 1 is 0.784 bits per heavy atom. The molecule has 37 heavy (non-hydrogen) atoms. The number of nitrogens with zero attached hydrogens (tertiary/aromatic N) is 2. The van der Waals surface area contributed by atoms with Gasteiger partial charge in [0.25, 0.3) is 11.6 Å². The van der Waals surface area contributed by atoms with Gasteiger partial charge < -0.3 is 4.90 Å². The van der Waals surface area contributed by atoms with Gasteiger partial charge in [0.05, 0.1) is 5.57 Å². The molecule has 0 N–H and O–H groups in total. The highest BCUT2D eigenvalue weighted by atomic mass is 19.4. The van der Waals surface area contributed by atoms with Crippen LogP contribution in [0.3, 0.4) is 0 Å². The Labute approximate surface area is 212 Å². The summed E-state index contributed by atoms with van der Waals surface area (Å²) < 4.78 is 80.6. The number of benzene rings is 2. The molecule has 0 radical (unpaired) electrons. The highest BCUT2D eigenvalue weighted by molar-refractivity contribution is 6.23. The SMILES string of the molecule is CCN(/C=C(\C(=O)C(F)(F)F)c1ccccc1)CCCN(CC)C(C)(C(=O)C(F)(F)F)c1ccccc1. The fourth-order valence-corrected chi connectivity index (χ4v) is 4.19. The Morgan fingerprint density at radius 2 is 1.32 bits per heavy atom. The highest BCUT2D eigenvalue weighted by Crippen LogP contribution is 2.36. The number of Topliss-reactive ketones (excluding diaryl/α,β-unsaturated/α-hetero) is 2. The van der Waals surface area contributed by atoms with Crippen molar-refractivity contribution in [2.45, 2.75) is 45.1 Å². The second kappa shape index (κ2) is 12.4. The molecular weight excluding hydrogens is 498 g/mol. The number of carbonyl (C=O) groups excluding carboxylic acids is 2. The third kappa shape index (κ3) is 7.44. The molecule has 0 saturated carbocycles. The number of hydrogen-bond acceptors (Lipinski definition) is 4. The van der Waals surface area contributed by atoms with Gasteiger partial charge in [-0.2, -0.15) is 26.3 Å². The standard InChI is InChI=1S/C27H30F6N2O2/c1-4-34(19-22(23(36)26(28,29)30)20-13-8-6-9-14-20)17-12-18-35(5-2)25(3,24(37)27(31,32)33)21-15-10-7-11-16-21/h6-11,13-16,19H,4-5,12,17-18H2,1-3H3/b22-19-. The second-order valence-electron chi connectivity index (χ2n) is 8.56. The molecule has 0 aliphatic heterocycles. The summed E-state index contributed by atoms with van der Waals surface area (Å²) in [5, 5.41) is 0. The molecule has 1 unspecified atom stereocenters. The van der Waals surface area contributed by atoms with E-state index in [1.165, 1.54) is 53.1 Å². The summed E-state index contributed by atoms with van der Waals surface area (Å²) in [4.78, 5) is 27.6. The Morgan fingerprint density at radius 3 is 1.78 bits per heavy atom. The Kier molecular flexibility index (Phi) is 10.1. The summed E-state index contributed by atoms with van der Waals surface area (Å²) in [5.41, 5.74) is -2.22. The highest BCUT2D eigenvalue weighted by Gasteiger charge is 2.53. The van der Waals surface area contributed by atoms with Crippen LogP contribution in [0.1, 0.15) is 38.3 Å². The van der Waals surface area contributed by atoms with E-state index in [2.05, 4.69) is 0 Å². The first-order valence-electron chi connectivity index (χ1n) is 11.8. The first-order valence-corrected chi connectivity index (χ1v) is 11.8. The summed E-state index contributed by atoms with van der Waals surface area (Å²) >= 11 is 0. The van der Waals surface area contributed by atoms with E-state index in [0.29, 0.717) is 0 Å². The van der Waals surface area contributed by atoms with Crippen LogP contribution in [0.25, 0.3) is 5.57 Å². The number of halogens is 6. The molecule has 0 aliphatic rings. The van der Waals surface area contributed by atoms with Crippen molar-refractivity contribution in [2.75, 3.05) is 26.2 Å². The Hall–Kier alpha value is -3.14. The Bertz CT molecular complexity index is 1070. The van der Waals surface area contributed by atoms with Crippen molar-refractivity contribution < 1.29 is 35.9 Å². The van der Waals surface area contributed by atoms with Crippen LogP contribution < -0.4 is 0 Å². The minimum Gasteiger partial charge on any atom is -0.377 e. The fraction of sp³-hybridized carbons (Fsp3) is 0.407. The van der Waals surface area contributed by atoms with Gasteiger partial charge in [0.15, 0.2) is 0 Å². The second-order valence-corrected chi connectivity index (χ2v) is 8.56. The van der Waals surface area contributed by atoms with E-state index in [9.17, 15) is 35.9 Å². The van der Waals surface area contributed by atoms with Crippen molar-refractivity contribution in [3.63, 3.8) is 0 Å². The monoisotopic (exact) mass is 528 g/mol. The lowest BCUT2D eigenvalue weighted by Crippen LogP contribution is -2.55. The average molecular weight is 529 g/mol. The molecular formula is C27H30F6N2O2. The molecule has 4 nitrogen and oxygen atoms in total. The van der Waals surface area contributed by atoms with E-state index in [4.69, 9.17) is 0 Å². The minimum atomic E-state index is -5.07. The predicted molar refractivity (Wildman–Crippen MR) is 129 cm³/mol. The van der Waals surface area contributed by atoms with E-state index in [0.717, 1.165) is 6.20 Å². The number of allylic oxidation sites excluding steroid dienone is 1. The normalized spacial score (nSPS) is 14.4. The van der Waals surface area contributed by atoms with Crippen LogP contribution >= 0.6 is 0 Å². The molecule has 10 heteroatoms. The molecule has 0 aromatic heterocycles. The quantitative estimate of drug-likeness (QED) is 0.242. The van der Waals surface area contributed by atoms with E-state index in [-0.39, 0.29) is 43.7 Å². The molecule has 0 fully saturated rings. The Balaban J connectivity index is 2.31. The van der Waals surface area contributed by atoms with Gasteiger partial charge in [0, 0.05) is 25.8 Å². The van der Waals surface area contributed by atoms with Crippen molar-refractivity contribution >= 4 is 17.1 Å². The lowest BCUT2D eigenvalue weighted by Gasteiger charge is -2.40. The molecule has 0 bridgehead atoms. The maximum atomic E-state index is 13.6. The lowest BCUT2D eigenvalue weighted by atomic mass is 9.85. The number of hydrogen-bond donors (Lipinski definition) is 0. The van der Waals surface area contributed by atoms with Crippen LogP contribution in [-0.4, -0.2) is 59.9 Å². The maximum Gasteiger partial charge on any atom is 0.454 e. The van der Waals surface area contributed by atoms with Crippen molar-refractivity contribution in [3.8, 4) is 0 Å². The third-order valence-electron chi connectivity index (χ3n) is 6.23. The first-order chi connectivity index (χ1) is 17.3. The van der Waals surface area contributed by atoms with Gasteiger partial charge in [-0.05, 0) is 37.9 Å². The van der Waals surface area contributed by atoms with Crippen LogP contribution in [0.5, 0.6) is 0 Å². The minimum absolute atomic E-state index is 0.0575. The van der Waals surface area contributed by atoms with Gasteiger partial charge in [-0.15, -0.1) is 0 Å². The van der Waals surface area contributed by atoms with Crippen molar-refractivity contribution in [2.24, 2.45) is 0 Å². The molecule has 0 aliphatic carbocycles. The molecule has 2 rings (SSSR count). The zero-order valence-electron chi connectivity index (χ0n) is 20.9. The van der Waals surface area contributed by atoms with Gasteiger partial charge in [-0.1, -0.05) is 67.6 Å². The van der Waals surface area contributed by atoms with E-state index < -0.39 is 35.0 Å². The summed E-state index contributed by atoms with van der Waals surface area (Å²) in [6.45, 7) is 5.14. The summed E-state index contributed by atoms with van der Waals surface area (Å²) in [5.74, 6) is -3.89. The molecule has 0 heterocycles. The zero-order valence-corrected chi connectivity index (χ0v) is 20.9. The first kappa shape index (κ1) is 30.1. The number of ketones is 2. The van der Waals surface area contributed by atoms with Gasteiger partial charge in [-0.25, -0.2) is 0 Å². The largest absolute Gasteiger partial charge is 0.454 e. The smallest absolute Gasteiger partial charge is 0.377 e. The maximum absolute atomic E-state index is 13.6. The van der Waals surface area contributed by atoms with E-state index in [1.54, 1.807) is 38.1 Å². The fourth-order valence-electron chi connectivity index (χ4n) is 4.19. The van der Waals surface area contributed by atoms with Gasteiger partial charge in [0.2, 0.25) is 0 Å². The van der Waals surface area contributed by atoms with Gasteiger partial charge >= 0.3 is 12.4 Å². The molecule has 202 valence electrons. The van der Waals surface area contributed by atoms with Gasteiger partial charge in [-0.3, -0.25) is 14.5 Å². The van der Waals surface area contributed by atoms with Crippen molar-refractivity contribution in [1.29, 1.82) is 0 Å². The number of rotatable bonds is 12. The number of carbonyl (C=O) groups is 2. The van der Waals surface area contributed by atoms with Crippen LogP contribution in [0, 0.1) is 0 Å². The van der Waals surface area contributed by atoms with Crippen LogP contribution in [-0.2, 0) is 15.1 Å². The van der Waals surface area contributed by atoms with Crippen LogP contribution in [0.4, 0.5) is 26.3 Å². The molecule has 1 atom stereocenters. The van der Waals surface area contributed by atoms with Crippen LogP contribution in [0.15, 0.2) is 66.9 Å². The average Bonchev–Trinajstić information content (AvgIpc) is 2.87. The summed E-state index contributed by atoms with van der Waals surface area (Å²) in [7, 11) is 0. The van der Waals surface area contributed by atoms with Crippen LogP contribution in [0.2, 0.25) is 0 Å². The number of alkyl halides is 6. The topological polar surface area (TPSA) is 40.6 Å². The molecule has 0 spiro atoms. The predicted octanol–water partition coefficient (Wildman–Crippen LogP) is 6.24. The van der Waals surface area contributed by atoms with Gasteiger partial charge in [0.1, 0.15) is 5.54 Å².